The first-order valence-corrected chi connectivity index (χ1v) is 8.80. The monoisotopic (exact) mass is 435 g/mol. The van der Waals surface area contributed by atoms with Gasteiger partial charge in [-0.25, -0.2) is 0 Å². The van der Waals surface area contributed by atoms with E-state index in [-0.39, 0.29) is 6.61 Å². The zero-order chi connectivity index (χ0) is 20.0. The molecule has 0 aliphatic rings. The molecule has 8 nitrogen and oxygen atoms in total. The topological polar surface area (TPSA) is 114 Å². The van der Waals surface area contributed by atoms with Gasteiger partial charge in [0.15, 0.2) is 18.1 Å². The summed E-state index contributed by atoms with van der Waals surface area (Å²) < 4.78 is 16.7. The molecule has 27 heavy (non-hydrogen) atoms. The van der Waals surface area contributed by atoms with Gasteiger partial charge in [0, 0.05) is 6.07 Å². The van der Waals surface area contributed by atoms with Crippen molar-refractivity contribution in [2.24, 2.45) is 0 Å². The smallest absolute Gasteiger partial charge is 0.276 e. The molecule has 0 aliphatic carbocycles. The number of hydrazine groups is 1. The minimum absolute atomic E-state index is 0.290. The maximum Gasteiger partial charge on any atom is 0.276 e. The normalized spacial score (nSPS) is 10.0. The molecule has 0 saturated heterocycles. The fraction of sp³-hybridized carbons (Fsp3) is 0.278. The summed E-state index contributed by atoms with van der Waals surface area (Å²) in [6.07, 6.45) is 0. The second-order valence-corrected chi connectivity index (χ2v) is 6.30. The fourth-order valence-electron chi connectivity index (χ4n) is 2.26. The predicted molar refractivity (Wildman–Crippen MR) is 99.3 cm³/mol. The van der Waals surface area contributed by atoms with Gasteiger partial charge in [-0.3, -0.25) is 20.4 Å². The Hall–Kier alpha value is -2.99. The van der Waals surface area contributed by atoms with E-state index in [0.29, 0.717) is 45.2 Å². The Balaban J connectivity index is 1.96. The third kappa shape index (κ3) is 5.24. The number of hydrogen-bond acceptors (Lipinski definition) is 6. The SMILES string of the molecule is CCOc1cc(C#N)cc(Br)c1OCC(=O)NNC(=O)c1cc(C)oc1C. The second-order valence-electron chi connectivity index (χ2n) is 5.45. The minimum atomic E-state index is -0.570. The number of carbonyl (C=O) groups is 2. The van der Waals surface area contributed by atoms with E-state index in [1.54, 1.807) is 32.9 Å². The second kappa shape index (κ2) is 9.09. The Labute approximate surface area is 164 Å². The molecular formula is C18H18BrN3O5. The van der Waals surface area contributed by atoms with Gasteiger partial charge in [-0.05, 0) is 48.8 Å². The average molecular weight is 436 g/mol. The zero-order valence-electron chi connectivity index (χ0n) is 15.0. The van der Waals surface area contributed by atoms with Crippen LogP contribution in [0.5, 0.6) is 11.5 Å². The van der Waals surface area contributed by atoms with Crippen molar-refractivity contribution in [1.82, 2.24) is 10.9 Å². The van der Waals surface area contributed by atoms with Crippen LogP contribution in [-0.4, -0.2) is 25.0 Å². The quantitative estimate of drug-likeness (QED) is 0.674. The van der Waals surface area contributed by atoms with Gasteiger partial charge in [0.2, 0.25) is 0 Å². The lowest BCUT2D eigenvalue weighted by Crippen LogP contribution is -2.43. The number of nitrogens with one attached hydrogen (secondary N) is 2. The highest BCUT2D eigenvalue weighted by Crippen LogP contribution is 2.36. The summed E-state index contributed by atoms with van der Waals surface area (Å²) in [6.45, 7) is 5.17. The Bertz CT molecular complexity index is 901. The lowest BCUT2D eigenvalue weighted by molar-refractivity contribution is -0.123. The van der Waals surface area contributed by atoms with Crippen molar-refractivity contribution in [3.05, 3.63) is 45.3 Å². The predicted octanol–water partition coefficient (Wildman–Crippen LogP) is 2.77. The molecule has 0 saturated carbocycles. The molecule has 0 fully saturated rings. The number of halogens is 1. The maximum absolute atomic E-state index is 12.0. The van der Waals surface area contributed by atoms with Crippen LogP contribution in [-0.2, 0) is 4.79 Å². The molecule has 9 heteroatoms. The summed E-state index contributed by atoms with van der Waals surface area (Å²) in [4.78, 5) is 24.0. The number of ether oxygens (including phenoxy) is 2. The van der Waals surface area contributed by atoms with Crippen LogP contribution in [0.1, 0.15) is 34.4 Å². The van der Waals surface area contributed by atoms with Crippen molar-refractivity contribution in [3.63, 3.8) is 0 Å². The van der Waals surface area contributed by atoms with Gasteiger partial charge in [-0.1, -0.05) is 0 Å². The van der Waals surface area contributed by atoms with E-state index in [1.165, 1.54) is 6.07 Å². The standard InChI is InChI=1S/C18H18BrN3O5/c1-4-25-15-7-12(8-20)6-14(19)17(15)26-9-16(23)21-22-18(24)13-5-10(2)27-11(13)3/h5-7H,4,9H2,1-3H3,(H,21,23)(H,22,24). The summed E-state index contributed by atoms with van der Waals surface area (Å²) in [5.41, 5.74) is 5.29. The highest BCUT2D eigenvalue weighted by atomic mass is 79.9. The molecule has 142 valence electrons. The van der Waals surface area contributed by atoms with Crippen LogP contribution in [0.15, 0.2) is 27.1 Å². The van der Waals surface area contributed by atoms with Crippen molar-refractivity contribution in [1.29, 1.82) is 5.26 Å². The number of benzene rings is 1. The number of rotatable bonds is 6. The number of hydrogen-bond donors (Lipinski definition) is 2. The van der Waals surface area contributed by atoms with Crippen molar-refractivity contribution in [3.8, 4) is 17.6 Å². The van der Waals surface area contributed by atoms with Crippen LogP contribution in [0.25, 0.3) is 0 Å². The minimum Gasteiger partial charge on any atom is -0.490 e. The van der Waals surface area contributed by atoms with Crippen molar-refractivity contribution >= 4 is 27.7 Å². The van der Waals surface area contributed by atoms with Crippen molar-refractivity contribution < 1.29 is 23.5 Å². The molecule has 0 radical (unpaired) electrons. The molecule has 0 bridgehead atoms. The highest BCUT2D eigenvalue weighted by Gasteiger charge is 2.16. The number of furan rings is 1. The third-order valence-corrected chi connectivity index (χ3v) is 3.98. The van der Waals surface area contributed by atoms with Gasteiger partial charge >= 0.3 is 0 Å². The Morgan fingerprint density at radius 2 is 1.96 bits per heavy atom. The van der Waals surface area contributed by atoms with E-state index in [4.69, 9.17) is 19.2 Å². The zero-order valence-corrected chi connectivity index (χ0v) is 16.6. The van der Waals surface area contributed by atoms with Crippen LogP contribution >= 0.6 is 15.9 Å². The van der Waals surface area contributed by atoms with Crippen LogP contribution in [0.2, 0.25) is 0 Å². The van der Waals surface area contributed by atoms with Gasteiger partial charge in [0.1, 0.15) is 11.5 Å². The summed E-state index contributed by atoms with van der Waals surface area (Å²) in [5, 5.41) is 9.02. The lowest BCUT2D eigenvalue weighted by atomic mass is 10.2. The van der Waals surface area contributed by atoms with Gasteiger partial charge in [0.05, 0.1) is 28.3 Å². The van der Waals surface area contributed by atoms with Crippen molar-refractivity contribution in [2.75, 3.05) is 13.2 Å². The summed E-state index contributed by atoms with van der Waals surface area (Å²) >= 11 is 3.29. The van der Waals surface area contributed by atoms with Crippen LogP contribution in [0.3, 0.4) is 0 Å². The molecule has 2 aromatic rings. The van der Waals surface area contributed by atoms with Crippen molar-refractivity contribution in [2.45, 2.75) is 20.8 Å². The number of aryl methyl sites for hydroxylation is 2. The number of nitrogens with zero attached hydrogens (tertiary/aromatic N) is 1. The molecule has 1 aromatic heterocycles. The van der Waals surface area contributed by atoms with E-state index in [1.807, 2.05) is 6.07 Å². The molecule has 0 aliphatic heterocycles. The average Bonchev–Trinajstić information content (AvgIpc) is 2.97. The number of amides is 2. The van der Waals surface area contributed by atoms with E-state index in [2.05, 4.69) is 26.8 Å². The lowest BCUT2D eigenvalue weighted by Gasteiger charge is -2.14. The first-order valence-electron chi connectivity index (χ1n) is 8.01. The first kappa shape index (κ1) is 20.3. The summed E-state index contributed by atoms with van der Waals surface area (Å²) in [5.74, 6) is 0.621. The number of nitriles is 1. The van der Waals surface area contributed by atoms with Gasteiger partial charge in [-0.15, -0.1) is 0 Å². The number of carbonyl (C=O) groups excluding carboxylic acids is 2. The van der Waals surface area contributed by atoms with E-state index in [0.717, 1.165) is 0 Å². The largest absolute Gasteiger partial charge is 0.490 e. The molecule has 0 unspecified atom stereocenters. The molecule has 2 amide bonds. The van der Waals surface area contributed by atoms with Crippen LogP contribution in [0, 0.1) is 25.2 Å². The van der Waals surface area contributed by atoms with Gasteiger partial charge in [-0.2, -0.15) is 5.26 Å². The third-order valence-electron chi connectivity index (χ3n) is 3.39. The molecule has 1 heterocycles. The van der Waals surface area contributed by atoms with E-state index < -0.39 is 11.8 Å². The van der Waals surface area contributed by atoms with Crippen LogP contribution in [0.4, 0.5) is 0 Å². The highest BCUT2D eigenvalue weighted by molar-refractivity contribution is 9.10. The molecular weight excluding hydrogens is 418 g/mol. The molecule has 2 N–H and O–H groups in total. The van der Waals surface area contributed by atoms with E-state index in [9.17, 15) is 9.59 Å². The Morgan fingerprint density at radius 3 is 2.56 bits per heavy atom. The first-order chi connectivity index (χ1) is 12.8. The molecule has 1 aromatic carbocycles. The Kier molecular flexibility index (Phi) is 6.85. The van der Waals surface area contributed by atoms with E-state index >= 15 is 0 Å². The molecule has 2 rings (SSSR count). The summed E-state index contributed by atoms with van der Waals surface area (Å²) in [6, 6.07) is 6.67. The molecule has 0 atom stereocenters. The van der Waals surface area contributed by atoms with Gasteiger partial charge in [0.25, 0.3) is 11.8 Å². The summed E-state index contributed by atoms with van der Waals surface area (Å²) in [7, 11) is 0. The maximum atomic E-state index is 12.0. The van der Waals surface area contributed by atoms with Gasteiger partial charge < -0.3 is 13.9 Å². The fourth-order valence-corrected chi connectivity index (χ4v) is 2.82. The Morgan fingerprint density at radius 1 is 1.22 bits per heavy atom. The molecule has 0 spiro atoms. The van der Waals surface area contributed by atoms with Crippen LogP contribution < -0.4 is 20.3 Å².